The molecule has 0 spiro atoms. The van der Waals surface area contributed by atoms with Gasteiger partial charge in [0.15, 0.2) is 0 Å². The summed E-state index contributed by atoms with van der Waals surface area (Å²) in [7, 11) is 1.86. The molecular weight excluding hydrogens is 267 g/mol. The second kappa shape index (κ2) is 5.69. The summed E-state index contributed by atoms with van der Waals surface area (Å²) in [4.78, 5) is 0. The van der Waals surface area contributed by atoms with Gasteiger partial charge in [0.2, 0.25) is 0 Å². The van der Waals surface area contributed by atoms with Crippen molar-refractivity contribution in [3.05, 3.63) is 52.1 Å². The van der Waals surface area contributed by atoms with E-state index in [0.717, 1.165) is 11.4 Å². The molecule has 2 aromatic rings. The molecule has 102 valence electrons. The van der Waals surface area contributed by atoms with Crippen molar-refractivity contribution < 1.29 is 4.39 Å². The van der Waals surface area contributed by atoms with Crippen molar-refractivity contribution in [3.8, 4) is 0 Å². The summed E-state index contributed by atoms with van der Waals surface area (Å²) >= 11 is 5.75. The first-order valence-corrected chi connectivity index (χ1v) is 6.29. The highest BCUT2D eigenvalue weighted by Gasteiger charge is 2.17. The fourth-order valence-electron chi connectivity index (χ4n) is 2.11. The maximum Gasteiger partial charge on any atom is 0.129 e. The lowest BCUT2D eigenvalue weighted by Gasteiger charge is -2.17. The van der Waals surface area contributed by atoms with E-state index in [1.165, 1.54) is 6.07 Å². The van der Waals surface area contributed by atoms with Gasteiger partial charge in [0.1, 0.15) is 5.82 Å². The number of aromatic nitrogens is 2. The Balaban J connectivity index is 2.27. The van der Waals surface area contributed by atoms with Gasteiger partial charge in [0.25, 0.3) is 0 Å². The van der Waals surface area contributed by atoms with Gasteiger partial charge in [-0.15, -0.1) is 0 Å². The Morgan fingerprint density at radius 1 is 1.47 bits per heavy atom. The lowest BCUT2D eigenvalue weighted by Crippen LogP contribution is -2.30. The number of hydrogen-bond acceptors (Lipinski definition) is 3. The Hall–Kier alpha value is -1.43. The molecule has 0 aliphatic heterocycles. The van der Waals surface area contributed by atoms with E-state index in [-0.39, 0.29) is 11.9 Å². The molecule has 3 N–H and O–H groups in total. The molecule has 1 aromatic heterocycles. The number of nitrogens with two attached hydrogens (primary N) is 1. The van der Waals surface area contributed by atoms with Crippen molar-refractivity contribution in [3.63, 3.8) is 0 Å². The van der Waals surface area contributed by atoms with Gasteiger partial charge in [0, 0.05) is 29.7 Å². The molecule has 0 bridgehead atoms. The molecule has 0 aliphatic carbocycles. The molecule has 6 heteroatoms. The third kappa shape index (κ3) is 3.12. The van der Waals surface area contributed by atoms with E-state index in [4.69, 9.17) is 17.4 Å². The van der Waals surface area contributed by atoms with Crippen LogP contribution in [0.1, 0.15) is 23.0 Å². The number of hydrogen-bond donors (Lipinski definition) is 2. The lowest BCUT2D eigenvalue weighted by molar-refractivity contribution is 0.497. The van der Waals surface area contributed by atoms with Gasteiger partial charge in [-0.3, -0.25) is 16.0 Å². The predicted molar refractivity (Wildman–Crippen MR) is 73.1 cm³/mol. The van der Waals surface area contributed by atoms with E-state index in [9.17, 15) is 4.39 Å². The predicted octanol–water partition coefficient (Wildman–Crippen LogP) is 2.27. The lowest BCUT2D eigenvalue weighted by atomic mass is 10.0. The Labute approximate surface area is 116 Å². The molecule has 1 aromatic carbocycles. The summed E-state index contributed by atoms with van der Waals surface area (Å²) < 4.78 is 15.7. The molecular formula is C13H16ClFN4. The van der Waals surface area contributed by atoms with Gasteiger partial charge in [-0.2, -0.15) is 5.10 Å². The highest BCUT2D eigenvalue weighted by atomic mass is 35.5. The van der Waals surface area contributed by atoms with E-state index in [0.29, 0.717) is 17.0 Å². The summed E-state index contributed by atoms with van der Waals surface area (Å²) in [5.41, 5.74) is 5.03. The van der Waals surface area contributed by atoms with Crippen LogP contribution in [-0.4, -0.2) is 9.78 Å². The van der Waals surface area contributed by atoms with Crippen molar-refractivity contribution in [2.24, 2.45) is 12.9 Å². The highest BCUT2D eigenvalue weighted by Crippen LogP contribution is 2.23. The van der Waals surface area contributed by atoms with Crippen LogP contribution < -0.4 is 11.3 Å². The third-order valence-corrected chi connectivity index (χ3v) is 3.29. The number of nitrogens with zero attached hydrogens (tertiary/aromatic N) is 2. The van der Waals surface area contributed by atoms with E-state index >= 15 is 0 Å². The number of nitrogens with one attached hydrogen (secondary N) is 1. The minimum absolute atomic E-state index is 0.327. The maximum absolute atomic E-state index is 13.9. The molecule has 0 amide bonds. The molecule has 19 heavy (non-hydrogen) atoms. The van der Waals surface area contributed by atoms with Crippen LogP contribution in [0.3, 0.4) is 0 Å². The molecule has 0 fully saturated rings. The first kappa shape index (κ1) is 14.0. The van der Waals surface area contributed by atoms with Crippen molar-refractivity contribution in [1.82, 2.24) is 15.2 Å². The molecule has 1 unspecified atom stereocenters. The van der Waals surface area contributed by atoms with Crippen molar-refractivity contribution in [1.29, 1.82) is 0 Å². The van der Waals surface area contributed by atoms with E-state index in [1.54, 1.807) is 16.8 Å². The van der Waals surface area contributed by atoms with Crippen molar-refractivity contribution >= 4 is 11.6 Å². The molecule has 0 aliphatic rings. The van der Waals surface area contributed by atoms with Crippen LogP contribution in [0, 0.1) is 12.7 Å². The molecule has 0 radical (unpaired) electrons. The fourth-order valence-corrected chi connectivity index (χ4v) is 2.27. The van der Waals surface area contributed by atoms with Gasteiger partial charge >= 0.3 is 0 Å². The normalized spacial score (nSPS) is 12.7. The quantitative estimate of drug-likeness (QED) is 0.668. The van der Waals surface area contributed by atoms with Crippen LogP contribution in [0.4, 0.5) is 4.39 Å². The van der Waals surface area contributed by atoms with Crippen LogP contribution in [0.15, 0.2) is 24.3 Å². The largest absolute Gasteiger partial charge is 0.272 e. The SMILES string of the molecule is Cc1cc(CC(NN)c2ccc(Cl)cc2F)n(C)n1. The minimum atomic E-state index is -0.366. The van der Waals surface area contributed by atoms with E-state index in [2.05, 4.69) is 10.5 Å². The van der Waals surface area contributed by atoms with Crippen LogP contribution in [0.5, 0.6) is 0 Å². The first-order valence-electron chi connectivity index (χ1n) is 5.92. The summed E-state index contributed by atoms with van der Waals surface area (Å²) in [6.45, 7) is 1.91. The summed E-state index contributed by atoms with van der Waals surface area (Å²) in [5, 5.41) is 4.63. The topological polar surface area (TPSA) is 55.9 Å². The number of rotatable bonds is 4. The van der Waals surface area contributed by atoms with Crippen molar-refractivity contribution in [2.75, 3.05) is 0 Å². The molecule has 0 saturated heterocycles. The molecule has 0 saturated carbocycles. The zero-order valence-electron chi connectivity index (χ0n) is 10.8. The second-order valence-electron chi connectivity index (χ2n) is 4.49. The van der Waals surface area contributed by atoms with Gasteiger partial charge in [-0.1, -0.05) is 17.7 Å². The van der Waals surface area contributed by atoms with E-state index in [1.807, 2.05) is 20.0 Å². The Bertz CT molecular complexity index is 582. The zero-order valence-corrected chi connectivity index (χ0v) is 11.6. The van der Waals surface area contributed by atoms with Crippen LogP contribution in [0.25, 0.3) is 0 Å². The number of aryl methyl sites for hydroxylation is 2. The summed E-state index contributed by atoms with van der Waals surface area (Å²) in [5.74, 6) is 5.17. The fraction of sp³-hybridized carbons (Fsp3) is 0.308. The smallest absolute Gasteiger partial charge is 0.129 e. The van der Waals surface area contributed by atoms with Crippen LogP contribution in [-0.2, 0) is 13.5 Å². The van der Waals surface area contributed by atoms with E-state index < -0.39 is 0 Å². The van der Waals surface area contributed by atoms with Gasteiger partial charge in [-0.25, -0.2) is 4.39 Å². The van der Waals surface area contributed by atoms with Crippen LogP contribution >= 0.6 is 11.6 Å². The number of hydrazine groups is 1. The van der Waals surface area contributed by atoms with Crippen LogP contribution in [0.2, 0.25) is 5.02 Å². The standard InChI is InChI=1S/C13H16ClFN4/c1-8-5-10(19(2)18-8)7-13(17-16)11-4-3-9(14)6-12(11)15/h3-6,13,17H,7,16H2,1-2H3. The molecule has 2 rings (SSSR count). The number of benzene rings is 1. The molecule has 1 heterocycles. The average Bonchev–Trinajstić information content (AvgIpc) is 2.65. The van der Waals surface area contributed by atoms with Gasteiger partial charge < -0.3 is 0 Å². The van der Waals surface area contributed by atoms with Gasteiger partial charge in [0.05, 0.1) is 11.7 Å². The summed E-state index contributed by atoms with van der Waals surface area (Å²) in [6.07, 6.45) is 0.548. The highest BCUT2D eigenvalue weighted by molar-refractivity contribution is 6.30. The molecule has 4 nitrogen and oxygen atoms in total. The average molecular weight is 283 g/mol. The zero-order chi connectivity index (χ0) is 14.0. The van der Waals surface area contributed by atoms with Crippen molar-refractivity contribution in [2.45, 2.75) is 19.4 Å². The second-order valence-corrected chi connectivity index (χ2v) is 4.93. The Morgan fingerprint density at radius 2 is 2.21 bits per heavy atom. The minimum Gasteiger partial charge on any atom is -0.272 e. The first-order chi connectivity index (χ1) is 9.01. The number of halogens is 2. The Morgan fingerprint density at radius 3 is 2.74 bits per heavy atom. The maximum atomic E-state index is 13.9. The summed E-state index contributed by atoms with van der Waals surface area (Å²) in [6, 6.07) is 6.21. The Kier molecular flexibility index (Phi) is 4.19. The monoisotopic (exact) mass is 282 g/mol. The molecule has 1 atom stereocenters. The third-order valence-electron chi connectivity index (χ3n) is 3.05. The van der Waals surface area contributed by atoms with Gasteiger partial charge in [-0.05, 0) is 25.1 Å².